The topological polar surface area (TPSA) is 40.5 Å². The SMILES string of the molecule is CSc1ccc(C(=O)N(CC(C)O)C(C)C)cc1. The third-order valence-electron chi connectivity index (χ3n) is 2.68. The molecule has 1 aromatic rings. The van der Waals surface area contributed by atoms with Gasteiger partial charge in [0.1, 0.15) is 0 Å². The lowest BCUT2D eigenvalue weighted by Crippen LogP contribution is -2.41. The lowest BCUT2D eigenvalue weighted by Gasteiger charge is -2.28. The number of carbonyl (C=O) groups is 1. The van der Waals surface area contributed by atoms with E-state index in [1.807, 2.05) is 44.4 Å². The first-order valence-corrected chi connectivity index (χ1v) is 7.31. The Morgan fingerprint density at radius 1 is 1.28 bits per heavy atom. The summed E-state index contributed by atoms with van der Waals surface area (Å²) >= 11 is 1.65. The van der Waals surface area contributed by atoms with Crippen molar-refractivity contribution in [2.45, 2.75) is 37.8 Å². The van der Waals surface area contributed by atoms with E-state index in [0.717, 1.165) is 4.90 Å². The fourth-order valence-corrected chi connectivity index (χ4v) is 2.12. The molecule has 0 bridgehead atoms. The van der Waals surface area contributed by atoms with Crippen molar-refractivity contribution in [1.82, 2.24) is 4.90 Å². The van der Waals surface area contributed by atoms with Gasteiger partial charge in [0.25, 0.3) is 5.91 Å². The van der Waals surface area contributed by atoms with Crippen LogP contribution in [0.4, 0.5) is 0 Å². The van der Waals surface area contributed by atoms with Crippen LogP contribution in [-0.4, -0.2) is 40.9 Å². The van der Waals surface area contributed by atoms with Crippen LogP contribution < -0.4 is 0 Å². The maximum absolute atomic E-state index is 12.3. The van der Waals surface area contributed by atoms with Crippen LogP contribution in [0.1, 0.15) is 31.1 Å². The van der Waals surface area contributed by atoms with Crippen LogP contribution in [0.3, 0.4) is 0 Å². The van der Waals surface area contributed by atoms with Gasteiger partial charge in [0.2, 0.25) is 0 Å². The normalized spacial score (nSPS) is 12.6. The molecule has 1 N–H and O–H groups in total. The fraction of sp³-hybridized carbons (Fsp3) is 0.500. The van der Waals surface area contributed by atoms with Crippen molar-refractivity contribution in [3.63, 3.8) is 0 Å². The van der Waals surface area contributed by atoms with E-state index >= 15 is 0 Å². The Balaban J connectivity index is 2.87. The van der Waals surface area contributed by atoms with Gasteiger partial charge in [-0.2, -0.15) is 0 Å². The van der Waals surface area contributed by atoms with Crippen LogP contribution in [0.2, 0.25) is 0 Å². The fourth-order valence-electron chi connectivity index (χ4n) is 1.71. The molecule has 0 spiro atoms. The van der Waals surface area contributed by atoms with Gasteiger partial charge >= 0.3 is 0 Å². The van der Waals surface area contributed by atoms with Crippen LogP contribution >= 0.6 is 11.8 Å². The number of amides is 1. The van der Waals surface area contributed by atoms with E-state index in [4.69, 9.17) is 0 Å². The summed E-state index contributed by atoms with van der Waals surface area (Å²) in [6.45, 7) is 5.97. The Morgan fingerprint density at radius 3 is 2.22 bits per heavy atom. The van der Waals surface area contributed by atoms with Crippen molar-refractivity contribution in [3.05, 3.63) is 29.8 Å². The standard InChI is InChI=1S/C14H21NO2S/c1-10(2)15(9-11(3)16)14(17)12-5-7-13(18-4)8-6-12/h5-8,10-11,16H,9H2,1-4H3. The minimum atomic E-state index is -0.512. The molecule has 1 amide bonds. The number of aliphatic hydroxyl groups is 1. The first kappa shape index (κ1) is 15.1. The van der Waals surface area contributed by atoms with Gasteiger partial charge in [-0.15, -0.1) is 11.8 Å². The largest absolute Gasteiger partial charge is 0.392 e. The monoisotopic (exact) mass is 267 g/mol. The highest BCUT2D eigenvalue weighted by Crippen LogP contribution is 2.16. The highest BCUT2D eigenvalue weighted by Gasteiger charge is 2.19. The second kappa shape index (κ2) is 6.81. The van der Waals surface area contributed by atoms with E-state index in [1.165, 1.54) is 0 Å². The van der Waals surface area contributed by atoms with Gasteiger partial charge in [0, 0.05) is 23.0 Å². The molecule has 1 rings (SSSR count). The summed E-state index contributed by atoms with van der Waals surface area (Å²) in [5.41, 5.74) is 0.669. The molecular weight excluding hydrogens is 246 g/mol. The second-order valence-corrected chi connectivity index (χ2v) is 5.51. The van der Waals surface area contributed by atoms with Gasteiger partial charge in [-0.25, -0.2) is 0 Å². The van der Waals surface area contributed by atoms with E-state index in [0.29, 0.717) is 12.1 Å². The Morgan fingerprint density at radius 2 is 1.83 bits per heavy atom. The van der Waals surface area contributed by atoms with Gasteiger partial charge in [-0.3, -0.25) is 4.79 Å². The molecule has 0 radical (unpaired) electrons. The van der Waals surface area contributed by atoms with Crippen LogP contribution in [0.15, 0.2) is 29.2 Å². The van der Waals surface area contributed by atoms with Crippen molar-refractivity contribution >= 4 is 17.7 Å². The maximum Gasteiger partial charge on any atom is 0.254 e. The molecular formula is C14H21NO2S. The summed E-state index contributed by atoms with van der Waals surface area (Å²) in [4.78, 5) is 15.2. The quantitative estimate of drug-likeness (QED) is 0.834. The molecule has 3 nitrogen and oxygen atoms in total. The Bertz CT molecular complexity index is 387. The highest BCUT2D eigenvalue weighted by atomic mass is 32.2. The van der Waals surface area contributed by atoms with Crippen molar-refractivity contribution in [2.75, 3.05) is 12.8 Å². The predicted octanol–water partition coefficient (Wildman–Crippen LogP) is 2.64. The zero-order valence-electron chi connectivity index (χ0n) is 11.4. The molecule has 18 heavy (non-hydrogen) atoms. The molecule has 0 aliphatic heterocycles. The van der Waals surface area contributed by atoms with Gasteiger partial charge in [-0.1, -0.05) is 0 Å². The van der Waals surface area contributed by atoms with Crippen molar-refractivity contribution < 1.29 is 9.90 Å². The highest BCUT2D eigenvalue weighted by molar-refractivity contribution is 7.98. The molecule has 1 aromatic carbocycles. The second-order valence-electron chi connectivity index (χ2n) is 4.63. The third kappa shape index (κ3) is 4.03. The Labute approximate surface area is 113 Å². The molecule has 0 aromatic heterocycles. The Kier molecular flexibility index (Phi) is 5.69. The summed E-state index contributed by atoms with van der Waals surface area (Å²) < 4.78 is 0. The molecule has 0 aliphatic carbocycles. The predicted molar refractivity (Wildman–Crippen MR) is 76.1 cm³/mol. The van der Waals surface area contributed by atoms with Crippen LogP contribution in [0.25, 0.3) is 0 Å². The summed E-state index contributed by atoms with van der Waals surface area (Å²) in [7, 11) is 0. The molecule has 100 valence electrons. The van der Waals surface area contributed by atoms with E-state index < -0.39 is 6.10 Å². The summed E-state index contributed by atoms with van der Waals surface area (Å²) in [6, 6.07) is 7.64. The van der Waals surface area contributed by atoms with E-state index in [9.17, 15) is 9.90 Å². The number of nitrogens with zero attached hydrogens (tertiary/aromatic N) is 1. The summed E-state index contributed by atoms with van der Waals surface area (Å²) in [5, 5.41) is 9.45. The number of thioether (sulfide) groups is 1. The minimum Gasteiger partial charge on any atom is -0.392 e. The molecule has 1 atom stereocenters. The molecule has 1 unspecified atom stereocenters. The first-order valence-electron chi connectivity index (χ1n) is 6.08. The number of carbonyl (C=O) groups excluding carboxylic acids is 1. The van der Waals surface area contributed by atoms with Crippen molar-refractivity contribution in [3.8, 4) is 0 Å². The number of benzene rings is 1. The van der Waals surface area contributed by atoms with E-state index in [1.54, 1.807) is 23.6 Å². The number of hydrogen-bond donors (Lipinski definition) is 1. The number of rotatable bonds is 5. The summed E-state index contributed by atoms with van der Waals surface area (Å²) in [6.07, 6.45) is 1.49. The lowest BCUT2D eigenvalue weighted by atomic mass is 10.1. The van der Waals surface area contributed by atoms with E-state index in [2.05, 4.69) is 0 Å². The number of aliphatic hydroxyl groups excluding tert-OH is 1. The smallest absolute Gasteiger partial charge is 0.254 e. The average Bonchev–Trinajstić information content (AvgIpc) is 2.34. The zero-order valence-corrected chi connectivity index (χ0v) is 12.2. The number of hydrogen-bond acceptors (Lipinski definition) is 3. The molecule has 0 saturated heterocycles. The van der Waals surface area contributed by atoms with Crippen LogP contribution in [0.5, 0.6) is 0 Å². The third-order valence-corrected chi connectivity index (χ3v) is 3.43. The summed E-state index contributed by atoms with van der Waals surface area (Å²) in [5.74, 6) is -0.0291. The van der Waals surface area contributed by atoms with Gasteiger partial charge < -0.3 is 10.0 Å². The molecule has 0 fully saturated rings. The molecule has 0 saturated carbocycles. The molecule has 0 heterocycles. The minimum absolute atomic E-state index is 0.0291. The van der Waals surface area contributed by atoms with Gasteiger partial charge in [-0.05, 0) is 51.3 Å². The van der Waals surface area contributed by atoms with Crippen LogP contribution in [-0.2, 0) is 0 Å². The molecule has 4 heteroatoms. The molecule has 0 aliphatic rings. The van der Waals surface area contributed by atoms with Crippen LogP contribution in [0, 0.1) is 0 Å². The van der Waals surface area contributed by atoms with Gasteiger partial charge in [0.15, 0.2) is 0 Å². The lowest BCUT2D eigenvalue weighted by molar-refractivity contribution is 0.0578. The Hall–Kier alpha value is -1.00. The van der Waals surface area contributed by atoms with E-state index in [-0.39, 0.29) is 11.9 Å². The van der Waals surface area contributed by atoms with Crippen molar-refractivity contribution in [1.29, 1.82) is 0 Å². The average molecular weight is 267 g/mol. The zero-order chi connectivity index (χ0) is 13.7. The first-order chi connectivity index (χ1) is 8.45. The van der Waals surface area contributed by atoms with Crippen molar-refractivity contribution in [2.24, 2.45) is 0 Å². The maximum atomic E-state index is 12.3. The van der Waals surface area contributed by atoms with Gasteiger partial charge in [0.05, 0.1) is 6.10 Å².